The molecule has 0 bridgehead atoms. The van der Waals surface area contributed by atoms with Crippen molar-refractivity contribution in [3.8, 4) is 11.5 Å². The Labute approximate surface area is 181 Å². The van der Waals surface area contributed by atoms with E-state index in [0.717, 1.165) is 5.56 Å². The third-order valence-corrected chi connectivity index (χ3v) is 4.17. The fourth-order valence-electron chi connectivity index (χ4n) is 2.74. The van der Waals surface area contributed by atoms with Crippen LogP contribution in [-0.2, 0) is 4.79 Å². The van der Waals surface area contributed by atoms with Crippen LogP contribution in [0.2, 0.25) is 0 Å². The standard InChI is InChI=1S/C22H26N6O3/c1-15-7-8-23-19(11-15)28-21-13-20(26-16(2)27-21)24-9-10-25-22(29)14-31-18-6-4-5-17(12-18)30-3/h4-8,11-13H,9-10,14H2,1-3H3,(H,25,29)(H2,23,24,26,27,28). The number of anilines is 3. The number of aromatic nitrogens is 3. The Morgan fingerprint density at radius 3 is 2.58 bits per heavy atom. The van der Waals surface area contributed by atoms with Crippen molar-refractivity contribution >= 4 is 23.4 Å². The van der Waals surface area contributed by atoms with Crippen LogP contribution in [0.1, 0.15) is 11.4 Å². The highest BCUT2D eigenvalue weighted by molar-refractivity contribution is 5.77. The second kappa shape index (κ2) is 10.8. The van der Waals surface area contributed by atoms with Crippen molar-refractivity contribution in [1.82, 2.24) is 20.3 Å². The maximum atomic E-state index is 12.0. The third-order valence-electron chi connectivity index (χ3n) is 4.17. The minimum atomic E-state index is -0.212. The summed E-state index contributed by atoms with van der Waals surface area (Å²) in [5.41, 5.74) is 1.10. The fourth-order valence-corrected chi connectivity index (χ4v) is 2.74. The van der Waals surface area contributed by atoms with Gasteiger partial charge in [-0.25, -0.2) is 15.0 Å². The molecule has 3 aromatic rings. The molecule has 0 spiro atoms. The Morgan fingerprint density at radius 1 is 0.968 bits per heavy atom. The molecule has 0 aliphatic heterocycles. The molecule has 2 heterocycles. The molecule has 0 radical (unpaired) electrons. The molecule has 3 N–H and O–H groups in total. The SMILES string of the molecule is COc1cccc(OCC(=O)NCCNc2cc(Nc3cc(C)ccn3)nc(C)n2)c1. The first-order valence-corrected chi connectivity index (χ1v) is 9.84. The van der Waals surface area contributed by atoms with Crippen LogP contribution in [0.5, 0.6) is 11.5 Å². The molecule has 2 aromatic heterocycles. The lowest BCUT2D eigenvalue weighted by Crippen LogP contribution is -2.32. The van der Waals surface area contributed by atoms with Gasteiger partial charge in [0, 0.05) is 31.4 Å². The number of aryl methyl sites for hydroxylation is 2. The molecular weight excluding hydrogens is 396 g/mol. The number of hydrogen-bond acceptors (Lipinski definition) is 8. The molecule has 0 atom stereocenters. The monoisotopic (exact) mass is 422 g/mol. The van der Waals surface area contributed by atoms with E-state index in [1.807, 2.05) is 32.0 Å². The number of benzene rings is 1. The van der Waals surface area contributed by atoms with Gasteiger partial charge in [-0.3, -0.25) is 4.79 Å². The van der Waals surface area contributed by atoms with Crippen LogP contribution in [0.15, 0.2) is 48.7 Å². The lowest BCUT2D eigenvalue weighted by atomic mass is 10.3. The van der Waals surface area contributed by atoms with Crippen molar-refractivity contribution in [3.05, 3.63) is 60.0 Å². The summed E-state index contributed by atoms with van der Waals surface area (Å²) in [5.74, 6) is 3.68. The zero-order chi connectivity index (χ0) is 22.1. The topological polar surface area (TPSA) is 110 Å². The quantitative estimate of drug-likeness (QED) is 0.428. The number of nitrogens with zero attached hydrogens (tertiary/aromatic N) is 3. The molecule has 1 amide bonds. The van der Waals surface area contributed by atoms with Crippen LogP contribution < -0.4 is 25.4 Å². The highest BCUT2D eigenvalue weighted by Crippen LogP contribution is 2.19. The molecule has 31 heavy (non-hydrogen) atoms. The second-order valence-corrected chi connectivity index (χ2v) is 6.77. The van der Waals surface area contributed by atoms with Gasteiger partial charge in [0.2, 0.25) is 0 Å². The summed E-state index contributed by atoms with van der Waals surface area (Å²) >= 11 is 0. The van der Waals surface area contributed by atoms with Crippen LogP contribution in [-0.4, -0.2) is 47.7 Å². The predicted molar refractivity (Wildman–Crippen MR) is 119 cm³/mol. The van der Waals surface area contributed by atoms with Gasteiger partial charge in [-0.2, -0.15) is 0 Å². The zero-order valence-corrected chi connectivity index (χ0v) is 17.8. The van der Waals surface area contributed by atoms with E-state index < -0.39 is 0 Å². The minimum Gasteiger partial charge on any atom is -0.497 e. The number of methoxy groups -OCH3 is 1. The Balaban J connectivity index is 1.43. The molecule has 0 aliphatic rings. The summed E-state index contributed by atoms with van der Waals surface area (Å²) in [4.78, 5) is 25.0. The summed E-state index contributed by atoms with van der Waals surface area (Å²) in [6.45, 7) is 4.67. The summed E-state index contributed by atoms with van der Waals surface area (Å²) in [6.07, 6.45) is 1.74. The van der Waals surface area contributed by atoms with Crippen LogP contribution in [0, 0.1) is 13.8 Å². The molecular formula is C22H26N6O3. The number of pyridine rings is 1. The van der Waals surface area contributed by atoms with Crippen LogP contribution in [0.4, 0.5) is 17.5 Å². The Kier molecular flexibility index (Phi) is 7.58. The maximum absolute atomic E-state index is 12.0. The van der Waals surface area contributed by atoms with Gasteiger partial charge < -0.3 is 25.4 Å². The van der Waals surface area contributed by atoms with Gasteiger partial charge >= 0.3 is 0 Å². The Hall–Kier alpha value is -3.88. The lowest BCUT2D eigenvalue weighted by Gasteiger charge is -2.11. The minimum absolute atomic E-state index is 0.0721. The van der Waals surface area contributed by atoms with Crippen molar-refractivity contribution in [2.75, 3.05) is 37.4 Å². The second-order valence-electron chi connectivity index (χ2n) is 6.77. The van der Waals surface area contributed by atoms with Gasteiger partial charge in [0.15, 0.2) is 6.61 Å². The highest BCUT2D eigenvalue weighted by Gasteiger charge is 2.05. The smallest absolute Gasteiger partial charge is 0.258 e. The van der Waals surface area contributed by atoms with Gasteiger partial charge in [-0.15, -0.1) is 0 Å². The molecule has 9 heteroatoms. The van der Waals surface area contributed by atoms with Gasteiger partial charge in [0.1, 0.15) is 34.8 Å². The van der Waals surface area contributed by atoms with Crippen LogP contribution in [0.25, 0.3) is 0 Å². The number of nitrogens with one attached hydrogen (secondary N) is 3. The van der Waals surface area contributed by atoms with E-state index in [2.05, 4.69) is 30.9 Å². The molecule has 9 nitrogen and oxygen atoms in total. The van der Waals surface area contributed by atoms with E-state index >= 15 is 0 Å². The van der Waals surface area contributed by atoms with E-state index in [4.69, 9.17) is 9.47 Å². The number of rotatable bonds is 10. The summed E-state index contributed by atoms with van der Waals surface area (Å²) in [6, 6.07) is 12.8. The largest absolute Gasteiger partial charge is 0.497 e. The molecule has 3 rings (SSSR count). The zero-order valence-electron chi connectivity index (χ0n) is 17.8. The summed E-state index contributed by atoms with van der Waals surface area (Å²) in [5, 5.41) is 9.16. The number of ether oxygens (including phenoxy) is 2. The van der Waals surface area contributed by atoms with Crippen LogP contribution >= 0.6 is 0 Å². The third kappa shape index (κ3) is 7.14. The van der Waals surface area contributed by atoms with Gasteiger partial charge in [0.25, 0.3) is 5.91 Å². The first-order chi connectivity index (χ1) is 15.0. The molecule has 1 aromatic carbocycles. The first-order valence-electron chi connectivity index (χ1n) is 9.84. The predicted octanol–water partition coefficient (Wildman–Crippen LogP) is 2.85. The van der Waals surface area contributed by atoms with Crippen molar-refractivity contribution in [1.29, 1.82) is 0 Å². The van der Waals surface area contributed by atoms with E-state index in [1.165, 1.54) is 0 Å². The van der Waals surface area contributed by atoms with Crippen molar-refractivity contribution in [2.24, 2.45) is 0 Å². The molecule has 162 valence electrons. The van der Waals surface area contributed by atoms with Crippen molar-refractivity contribution < 1.29 is 14.3 Å². The Morgan fingerprint density at radius 2 is 1.77 bits per heavy atom. The summed E-state index contributed by atoms with van der Waals surface area (Å²) < 4.78 is 10.6. The molecule has 0 saturated heterocycles. The van der Waals surface area contributed by atoms with Crippen molar-refractivity contribution in [3.63, 3.8) is 0 Å². The fraction of sp³-hybridized carbons (Fsp3) is 0.273. The number of carbonyl (C=O) groups is 1. The molecule has 0 unspecified atom stereocenters. The Bertz CT molecular complexity index is 1030. The van der Waals surface area contributed by atoms with E-state index in [0.29, 0.717) is 47.9 Å². The van der Waals surface area contributed by atoms with E-state index in [1.54, 1.807) is 37.6 Å². The number of carbonyl (C=O) groups excluding carboxylic acids is 1. The lowest BCUT2D eigenvalue weighted by molar-refractivity contribution is -0.123. The summed E-state index contributed by atoms with van der Waals surface area (Å²) in [7, 11) is 1.58. The molecule has 0 aliphatic carbocycles. The first kappa shape index (κ1) is 21.8. The maximum Gasteiger partial charge on any atom is 0.258 e. The van der Waals surface area contributed by atoms with Crippen LogP contribution in [0.3, 0.4) is 0 Å². The van der Waals surface area contributed by atoms with E-state index in [9.17, 15) is 4.79 Å². The van der Waals surface area contributed by atoms with Gasteiger partial charge in [-0.05, 0) is 43.7 Å². The van der Waals surface area contributed by atoms with Gasteiger partial charge in [0.05, 0.1) is 7.11 Å². The van der Waals surface area contributed by atoms with E-state index in [-0.39, 0.29) is 12.5 Å². The number of hydrogen-bond donors (Lipinski definition) is 3. The normalized spacial score (nSPS) is 10.3. The highest BCUT2D eigenvalue weighted by atomic mass is 16.5. The number of amides is 1. The molecule has 0 saturated carbocycles. The van der Waals surface area contributed by atoms with Crippen molar-refractivity contribution in [2.45, 2.75) is 13.8 Å². The average molecular weight is 422 g/mol. The molecule has 0 fully saturated rings. The van der Waals surface area contributed by atoms with Gasteiger partial charge in [-0.1, -0.05) is 6.07 Å². The average Bonchev–Trinajstić information content (AvgIpc) is 2.75.